The number of benzene rings is 4. The van der Waals surface area contributed by atoms with Crippen LogP contribution in [0.3, 0.4) is 0 Å². The molecule has 7 heteroatoms. The standard InChI is InChI=1S/2C22H25.C6H18BNSi2.2ClH.Zr/c2*1-15(2)12-17-13-18-8-7-11-21(22(18)14-17)20-10-6-5-9-19(20)16(3)4;1-9(2,3)8(7)10(4,5)6;;;/h2*5-11,13-16H,12H2,1-4H3;1-6H3;2*1H;/q2*-1;;;;+4/p-2. The van der Waals surface area contributed by atoms with E-state index in [1.807, 2.05) is 0 Å². The molecule has 0 aromatic heterocycles. The van der Waals surface area contributed by atoms with Crippen LogP contribution in [0.25, 0.3) is 43.8 Å². The predicted octanol–water partition coefficient (Wildman–Crippen LogP) is 16.5. The van der Waals surface area contributed by atoms with Gasteiger partial charge >= 0.3 is 37.9 Å². The van der Waals surface area contributed by atoms with Crippen LogP contribution in [0, 0.1) is 11.8 Å². The van der Waals surface area contributed by atoms with Gasteiger partial charge in [0.15, 0.2) is 7.98 Å². The molecule has 0 fully saturated rings. The van der Waals surface area contributed by atoms with Gasteiger partial charge in [-0.3, -0.25) is 0 Å². The van der Waals surface area contributed by atoms with Gasteiger partial charge in [-0.05, 0) is 58.8 Å². The second kappa shape index (κ2) is 22.6. The Hall–Kier alpha value is -1.98. The van der Waals surface area contributed by atoms with Crippen molar-refractivity contribution in [2.45, 2.75) is 119 Å². The Bertz CT molecular complexity index is 1970. The van der Waals surface area contributed by atoms with E-state index in [0.717, 1.165) is 12.8 Å². The summed E-state index contributed by atoms with van der Waals surface area (Å²) < 4.78 is 2.15. The Kier molecular flexibility index (Phi) is 19.6. The van der Waals surface area contributed by atoms with E-state index in [4.69, 9.17) is 25.0 Å². The summed E-state index contributed by atoms with van der Waals surface area (Å²) in [6.07, 6.45) is 2.31. The molecule has 0 N–H and O–H groups in total. The second-order valence-corrected chi connectivity index (χ2v) is 32.6. The van der Waals surface area contributed by atoms with E-state index < -0.39 is 37.3 Å². The summed E-state index contributed by atoms with van der Waals surface area (Å²) in [5, 5.41) is 5.52. The van der Waals surface area contributed by atoms with E-state index in [0.29, 0.717) is 23.7 Å². The number of rotatable bonds is 10. The van der Waals surface area contributed by atoms with E-state index in [-0.39, 0.29) is 0 Å². The molecule has 0 aliphatic rings. The zero-order valence-corrected chi connectivity index (χ0v) is 43.4. The molecule has 0 bridgehead atoms. The maximum atomic E-state index is 5.98. The van der Waals surface area contributed by atoms with Gasteiger partial charge in [-0.25, -0.2) is 0 Å². The molecule has 0 saturated heterocycles. The summed E-state index contributed by atoms with van der Waals surface area (Å²) in [6.45, 7) is 31.9. The summed E-state index contributed by atoms with van der Waals surface area (Å²) in [5.74, 6) is 2.47. The van der Waals surface area contributed by atoms with Crippen molar-refractivity contribution < 1.29 is 20.8 Å². The van der Waals surface area contributed by atoms with Crippen LogP contribution in [0.1, 0.15) is 89.5 Å². The first kappa shape index (κ1) is 49.4. The predicted molar refractivity (Wildman–Crippen MR) is 261 cm³/mol. The number of hydrogen-bond donors (Lipinski definition) is 0. The van der Waals surface area contributed by atoms with Crippen LogP contribution in [0.4, 0.5) is 0 Å². The van der Waals surface area contributed by atoms with E-state index in [9.17, 15) is 0 Å². The Morgan fingerprint density at radius 3 is 1.12 bits per heavy atom. The quantitative estimate of drug-likeness (QED) is 0.0978. The van der Waals surface area contributed by atoms with Gasteiger partial charge < -0.3 is 4.14 Å². The third-order valence-electron chi connectivity index (χ3n) is 10.1. The summed E-state index contributed by atoms with van der Waals surface area (Å²) in [6, 6.07) is 40.5. The van der Waals surface area contributed by atoms with Gasteiger partial charge in [0.05, 0.1) is 0 Å². The summed E-state index contributed by atoms with van der Waals surface area (Å²) in [4.78, 5) is 0. The van der Waals surface area contributed by atoms with Crippen molar-refractivity contribution in [3.05, 3.63) is 131 Å². The number of nitrogens with zero attached hydrogens (tertiary/aromatic N) is 1. The van der Waals surface area contributed by atoms with Crippen molar-refractivity contribution >= 4 is 63.0 Å². The van der Waals surface area contributed by atoms with Crippen LogP contribution in [-0.4, -0.2) is 28.6 Å². The molecular formula is C50H68BCl2NSi2Zr. The monoisotopic (exact) mass is 909 g/mol. The molecule has 0 saturated carbocycles. The van der Waals surface area contributed by atoms with Crippen LogP contribution in [-0.2, 0) is 33.7 Å². The molecule has 0 heterocycles. The van der Waals surface area contributed by atoms with Gasteiger partial charge in [0, 0.05) is 0 Å². The van der Waals surface area contributed by atoms with Crippen molar-refractivity contribution in [2.24, 2.45) is 11.8 Å². The minimum absolute atomic E-state index is 0.538. The normalized spacial score (nSPS) is 11.7. The van der Waals surface area contributed by atoms with E-state index in [1.54, 1.807) is 0 Å². The van der Waals surface area contributed by atoms with Gasteiger partial charge in [0.2, 0.25) is 0 Å². The average molecular weight is 912 g/mol. The Morgan fingerprint density at radius 2 is 0.842 bits per heavy atom. The molecule has 2 radical (unpaired) electrons. The van der Waals surface area contributed by atoms with E-state index in [1.165, 1.54) is 66.1 Å². The first-order chi connectivity index (χ1) is 26.7. The van der Waals surface area contributed by atoms with Crippen molar-refractivity contribution in [3.63, 3.8) is 0 Å². The molecular weight excluding hydrogens is 844 g/mol. The number of halogens is 2. The molecule has 0 aliphatic carbocycles. The molecule has 6 aromatic carbocycles. The van der Waals surface area contributed by atoms with Gasteiger partial charge in [-0.2, -0.15) is 12.1 Å². The Labute approximate surface area is 370 Å². The molecule has 0 atom stereocenters. The number of fused-ring (bicyclic) bond motifs is 2. The fourth-order valence-electron chi connectivity index (χ4n) is 7.74. The SMILES string of the molecule is CC(C)Cc1cc2c(-c3ccccc3C(C)C)cccc2[cH-]1.CC(C)Cc1cc2c(-c3ccccc3C(C)C)cccc2[cH-]1.[B]N([Si](C)(C)C)[Si](C)(C)C.[Cl][Zr+2][Cl]. The van der Waals surface area contributed by atoms with Crippen molar-refractivity contribution in [1.29, 1.82) is 0 Å². The fraction of sp³-hybridized carbons (Fsp3) is 0.400. The van der Waals surface area contributed by atoms with Crippen LogP contribution >= 0.6 is 17.0 Å². The third kappa shape index (κ3) is 14.6. The van der Waals surface area contributed by atoms with Gasteiger partial charge in [-0.15, -0.1) is 69.1 Å². The van der Waals surface area contributed by atoms with Crippen molar-refractivity contribution in [2.75, 3.05) is 0 Å². The fourth-order valence-corrected chi connectivity index (χ4v) is 15.8. The minimum atomic E-state index is -1.22. The van der Waals surface area contributed by atoms with Crippen LogP contribution in [0.5, 0.6) is 0 Å². The molecule has 0 amide bonds. The van der Waals surface area contributed by atoms with Gasteiger partial charge in [-0.1, -0.05) is 166 Å². The molecule has 0 aliphatic heterocycles. The Balaban J connectivity index is 0.000000236. The first-order valence-electron chi connectivity index (χ1n) is 20.8. The topological polar surface area (TPSA) is 3.24 Å². The van der Waals surface area contributed by atoms with Gasteiger partial charge in [0.1, 0.15) is 16.5 Å². The Morgan fingerprint density at radius 1 is 0.526 bits per heavy atom. The van der Waals surface area contributed by atoms with Crippen LogP contribution < -0.4 is 0 Å². The van der Waals surface area contributed by atoms with Gasteiger partial charge in [0.25, 0.3) is 0 Å². The van der Waals surface area contributed by atoms with Crippen LogP contribution in [0.15, 0.2) is 109 Å². The van der Waals surface area contributed by atoms with E-state index >= 15 is 0 Å². The molecule has 57 heavy (non-hydrogen) atoms. The first-order valence-corrected chi connectivity index (χ1v) is 34.0. The van der Waals surface area contributed by atoms with Crippen molar-refractivity contribution in [1.82, 2.24) is 4.14 Å². The summed E-state index contributed by atoms with van der Waals surface area (Å²) >= 11 is -0.826. The molecule has 0 spiro atoms. The maximum absolute atomic E-state index is 5.98. The zero-order chi connectivity index (χ0) is 42.7. The van der Waals surface area contributed by atoms with Crippen molar-refractivity contribution in [3.8, 4) is 22.3 Å². The number of hydrogen-bond acceptors (Lipinski definition) is 1. The molecule has 6 rings (SSSR count). The summed E-state index contributed by atoms with van der Waals surface area (Å²) in [7, 11) is 13.4. The molecule has 1 nitrogen and oxygen atoms in total. The zero-order valence-electron chi connectivity index (χ0n) is 37.4. The van der Waals surface area contributed by atoms with E-state index in [2.05, 4.69) is 208 Å². The summed E-state index contributed by atoms with van der Waals surface area (Å²) in [5.41, 5.74) is 11.3. The second-order valence-electron chi connectivity index (χ2n) is 18.8. The molecule has 0 unspecified atom stereocenters. The molecule has 6 aromatic rings. The van der Waals surface area contributed by atoms with Crippen LogP contribution in [0.2, 0.25) is 39.3 Å². The average Bonchev–Trinajstić information content (AvgIpc) is 3.73. The third-order valence-corrected chi connectivity index (χ3v) is 17.0. The molecule has 302 valence electrons.